The van der Waals surface area contributed by atoms with E-state index in [0.717, 1.165) is 5.56 Å². The second-order valence-electron chi connectivity index (χ2n) is 3.77. The molecule has 0 saturated carbocycles. The number of hydrogen-bond donors (Lipinski definition) is 1. The number of aryl methyl sites for hydroxylation is 1. The van der Waals surface area contributed by atoms with Crippen LogP contribution in [0.4, 0.5) is 10.1 Å². The van der Waals surface area contributed by atoms with Gasteiger partial charge in [-0.2, -0.15) is 0 Å². The van der Waals surface area contributed by atoms with Gasteiger partial charge in [-0.25, -0.2) is 9.37 Å². The number of methoxy groups -OCH3 is 1. The normalized spacial score (nSPS) is 10.3. The number of anilines is 1. The monoisotopic (exact) mass is 232 g/mol. The Morgan fingerprint density at radius 2 is 2.00 bits per heavy atom. The van der Waals surface area contributed by atoms with Crippen LogP contribution in [0.5, 0.6) is 5.88 Å². The predicted octanol–water partition coefficient (Wildman–Crippen LogP) is 2.79. The Bertz CT molecular complexity index is 555. The van der Waals surface area contributed by atoms with Gasteiger partial charge in [0.25, 0.3) is 5.88 Å². The summed E-state index contributed by atoms with van der Waals surface area (Å²) in [6.07, 6.45) is 1.50. The highest BCUT2D eigenvalue weighted by molar-refractivity contribution is 5.77. The zero-order valence-corrected chi connectivity index (χ0v) is 9.70. The van der Waals surface area contributed by atoms with Crippen molar-refractivity contribution in [2.45, 2.75) is 6.92 Å². The van der Waals surface area contributed by atoms with Crippen LogP contribution in [0.3, 0.4) is 0 Å². The predicted molar refractivity (Wildman–Crippen MR) is 65.3 cm³/mol. The van der Waals surface area contributed by atoms with Crippen molar-refractivity contribution in [3.05, 3.63) is 41.8 Å². The van der Waals surface area contributed by atoms with E-state index >= 15 is 0 Å². The fraction of sp³-hybridized carbons (Fsp3) is 0.154. The van der Waals surface area contributed by atoms with E-state index in [1.165, 1.54) is 13.3 Å². The van der Waals surface area contributed by atoms with E-state index in [4.69, 9.17) is 10.5 Å². The molecule has 0 saturated heterocycles. The van der Waals surface area contributed by atoms with Crippen molar-refractivity contribution in [1.29, 1.82) is 0 Å². The van der Waals surface area contributed by atoms with Gasteiger partial charge in [-0.05, 0) is 24.6 Å². The van der Waals surface area contributed by atoms with E-state index in [1.807, 2.05) is 19.1 Å². The molecule has 2 rings (SSSR count). The molecule has 0 radical (unpaired) electrons. The maximum absolute atomic E-state index is 14.0. The highest BCUT2D eigenvalue weighted by Gasteiger charge is 2.13. The molecule has 0 unspecified atom stereocenters. The summed E-state index contributed by atoms with van der Waals surface area (Å²) in [5.74, 6) is -0.520. The van der Waals surface area contributed by atoms with Gasteiger partial charge in [0, 0.05) is 23.0 Å². The third-order valence-electron chi connectivity index (χ3n) is 2.55. The number of halogens is 1. The van der Waals surface area contributed by atoms with Crippen LogP contribution in [0.15, 0.2) is 30.5 Å². The topological polar surface area (TPSA) is 48.1 Å². The van der Waals surface area contributed by atoms with E-state index in [-0.39, 0.29) is 5.88 Å². The molecule has 2 N–H and O–H groups in total. The highest BCUT2D eigenvalue weighted by atomic mass is 19.1. The third kappa shape index (κ3) is 2.06. The molecule has 1 heterocycles. The molecule has 1 aromatic heterocycles. The summed E-state index contributed by atoms with van der Waals surface area (Å²) in [4.78, 5) is 3.79. The van der Waals surface area contributed by atoms with Gasteiger partial charge in [-0.1, -0.05) is 12.1 Å². The van der Waals surface area contributed by atoms with Crippen LogP contribution in [0, 0.1) is 12.7 Å². The summed E-state index contributed by atoms with van der Waals surface area (Å²) in [7, 11) is 1.38. The van der Waals surface area contributed by atoms with E-state index in [1.54, 1.807) is 12.1 Å². The number of aromatic nitrogens is 1. The molecule has 2 aromatic rings. The SMILES string of the molecule is COc1nccc(-c2ccc(C)cc2N)c1F. The minimum Gasteiger partial charge on any atom is -0.479 e. The molecule has 0 bridgehead atoms. The first kappa shape index (κ1) is 11.4. The summed E-state index contributed by atoms with van der Waals surface area (Å²) in [6.45, 7) is 1.93. The van der Waals surface area contributed by atoms with Crippen molar-refractivity contribution in [2.24, 2.45) is 0 Å². The molecule has 3 nitrogen and oxygen atoms in total. The molecule has 0 aliphatic rings. The van der Waals surface area contributed by atoms with Crippen LogP contribution in [-0.2, 0) is 0 Å². The van der Waals surface area contributed by atoms with Gasteiger partial charge in [0.2, 0.25) is 0 Å². The number of nitrogen functional groups attached to an aromatic ring is 1. The van der Waals surface area contributed by atoms with E-state index in [9.17, 15) is 4.39 Å². The lowest BCUT2D eigenvalue weighted by Crippen LogP contribution is -1.97. The lowest BCUT2D eigenvalue weighted by Gasteiger charge is -2.09. The second-order valence-corrected chi connectivity index (χ2v) is 3.77. The summed E-state index contributed by atoms with van der Waals surface area (Å²) >= 11 is 0. The number of nitrogens with zero attached hydrogens (tertiary/aromatic N) is 1. The lowest BCUT2D eigenvalue weighted by molar-refractivity contribution is 0.370. The first-order valence-electron chi connectivity index (χ1n) is 5.18. The smallest absolute Gasteiger partial charge is 0.250 e. The van der Waals surface area contributed by atoms with Gasteiger partial charge in [0.1, 0.15) is 0 Å². The Labute approximate surface area is 99.1 Å². The summed E-state index contributed by atoms with van der Waals surface area (Å²) in [6, 6.07) is 7.07. The zero-order valence-electron chi connectivity index (χ0n) is 9.70. The fourth-order valence-corrected chi connectivity index (χ4v) is 1.70. The van der Waals surface area contributed by atoms with Crippen molar-refractivity contribution in [3.63, 3.8) is 0 Å². The van der Waals surface area contributed by atoms with Crippen molar-refractivity contribution in [1.82, 2.24) is 4.98 Å². The van der Waals surface area contributed by atoms with Crippen molar-refractivity contribution in [3.8, 4) is 17.0 Å². The van der Waals surface area contributed by atoms with Gasteiger partial charge in [0.05, 0.1) is 7.11 Å². The van der Waals surface area contributed by atoms with Crippen LogP contribution in [0.2, 0.25) is 0 Å². The maximum Gasteiger partial charge on any atom is 0.250 e. The fourth-order valence-electron chi connectivity index (χ4n) is 1.70. The van der Waals surface area contributed by atoms with E-state index < -0.39 is 5.82 Å². The van der Waals surface area contributed by atoms with Crippen LogP contribution in [0.1, 0.15) is 5.56 Å². The molecule has 4 heteroatoms. The summed E-state index contributed by atoms with van der Waals surface area (Å²) < 4.78 is 18.8. The Hall–Kier alpha value is -2.10. The number of hydrogen-bond acceptors (Lipinski definition) is 3. The molecular formula is C13H13FN2O. The molecule has 17 heavy (non-hydrogen) atoms. The standard InChI is InChI=1S/C13H13FN2O/c1-8-3-4-9(11(15)7-8)10-5-6-16-13(17-2)12(10)14/h3-7H,15H2,1-2H3. The molecule has 0 aliphatic carbocycles. The van der Waals surface area contributed by atoms with Crippen LogP contribution in [-0.4, -0.2) is 12.1 Å². The van der Waals surface area contributed by atoms with Crippen molar-refractivity contribution in [2.75, 3.05) is 12.8 Å². The molecule has 0 atom stereocenters. The molecule has 0 fully saturated rings. The third-order valence-corrected chi connectivity index (χ3v) is 2.55. The zero-order chi connectivity index (χ0) is 12.4. The van der Waals surface area contributed by atoms with Crippen molar-refractivity contribution < 1.29 is 9.13 Å². The first-order valence-corrected chi connectivity index (χ1v) is 5.18. The summed E-state index contributed by atoms with van der Waals surface area (Å²) in [5.41, 5.74) is 8.50. The van der Waals surface area contributed by atoms with Gasteiger partial charge < -0.3 is 10.5 Å². The molecule has 1 aromatic carbocycles. The molecular weight excluding hydrogens is 219 g/mol. The average molecular weight is 232 g/mol. The Morgan fingerprint density at radius 1 is 1.24 bits per heavy atom. The number of rotatable bonds is 2. The largest absolute Gasteiger partial charge is 0.479 e. The second kappa shape index (κ2) is 4.41. The first-order chi connectivity index (χ1) is 8.13. The number of pyridine rings is 1. The van der Waals surface area contributed by atoms with Crippen molar-refractivity contribution >= 4 is 5.69 Å². The van der Waals surface area contributed by atoms with Gasteiger partial charge >= 0.3 is 0 Å². The minimum absolute atomic E-state index is 0.0255. The minimum atomic E-state index is -0.495. The van der Waals surface area contributed by atoms with Crippen LogP contribution < -0.4 is 10.5 Å². The number of benzene rings is 1. The van der Waals surface area contributed by atoms with E-state index in [0.29, 0.717) is 16.8 Å². The average Bonchev–Trinajstić information content (AvgIpc) is 2.30. The Morgan fingerprint density at radius 3 is 2.65 bits per heavy atom. The van der Waals surface area contributed by atoms with E-state index in [2.05, 4.69) is 4.98 Å². The lowest BCUT2D eigenvalue weighted by atomic mass is 10.0. The maximum atomic E-state index is 14.0. The van der Waals surface area contributed by atoms with Crippen LogP contribution >= 0.6 is 0 Å². The quantitative estimate of drug-likeness (QED) is 0.810. The number of ether oxygens (including phenoxy) is 1. The van der Waals surface area contributed by atoms with Crippen LogP contribution in [0.25, 0.3) is 11.1 Å². The molecule has 88 valence electrons. The van der Waals surface area contributed by atoms with Gasteiger partial charge in [-0.3, -0.25) is 0 Å². The van der Waals surface area contributed by atoms with Gasteiger partial charge in [-0.15, -0.1) is 0 Å². The Kier molecular flexibility index (Phi) is 2.95. The molecule has 0 amide bonds. The highest BCUT2D eigenvalue weighted by Crippen LogP contribution is 2.31. The number of nitrogens with two attached hydrogens (primary N) is 1. The summed E-state index contributed by atoms with van der Waals surface area (Å²) in [5, 5.41) is 0. The molecule has 0 aliphatic heterocycles. The molecule has 0 spiro atoms. The van der Waals surface area contributed by atoms with Gasteiger partial charge in [0.15, 0.2) is 5.82 Å². The Balaban J connectivity index is 2.60.